The van der Waals surface area contributed by atoms with E-state index in [1.807, 2.05) is 4.72 Å². The second-order valence-corrected chi connectivity index (χ2v) is 5.83. The lowest BCUT2D eigenvalue weighted by Crippen LogP contribution is -2.15. The molecule has 0 atom stereocenters. The van der Waals surface area contributed by atoms with Crippen molar-refractivity contribution in [2.24, 2.45) is 0 Å². The fourth-order valence-electron chi connectivity index (χ4n) is 1.65. The van der Waals surface area contributed by atoms with Crippen molar-refractivity contribution in [3.63, 3.8) is 0 Å². The second kappa shape index (κ2) is 5.68. The summed E-state index contributed by atoms with van der Waals surface area (Å²) in [5.41, 5.74) is -0.981. The molecule has 116 valence electrons. The summed E-state index contributed by atoms with van der Waals surface area (Å²) >= 11 is 0. The Balaban J connectivity index is 2.39. The van der Waals surface area contributed by atoms with Crippen LogP contribution in [0.25, 0.3) is 0 Å². The van der Waals surface area contributed by atoms with Gasteiger partial charge in [-0.1, -0.05) is 0 Å². The quantitative estimate of drug-likeness (QED) is 0.902. The van der Waals surface area contributed by atoms with Crippen molar-refractivity contribution in [1.29, 1.82) is 0 Å². The number of hydrogen-bond acceptors (Lipinski definition) is 3. The van der Waals surface area contributed by atoms with Crippen LogP contribution in [0.5, 0.6) is 0 Å². The van der Waals surface area contributed by atoms with Gasteiger partial charge in [0.1, 0.15) is 22.3 Å². The molecule has 0 amide bonds. The van der Waals surface area contributed by atoms with Gasteiger partial charge in [0.2, 0.25) is 0 Å². The van der Waals surface area contributed by atoms with Gasteiger partial charge >= 0.3 is 5.97 Å². The third-order valence-electron chi connectivity index (χ3n) is 2.63. The summed E-state index contributed by atoms with van der Waals surface area (Å²) in [4.78, 5) is 9.70. The van der Waals surface area contributed by atoms with Crippen molar-refractivity contribution in [2.75, 3.05) is 4.72 Å². The van der Waals surface area contributed by atoms with Crippen molar-refractivity contribution < 1.29 is 31.5 Å². The average Bonchev–Trinajstić information content (AvgIpc) is 2.40. The molecule has 0 heterocycles. The van der Waals surface area contributed by atoms with Gasteiger partial charge < -0.3 is 5.11 Å². The van der Waals surface area contributed by atoms with E-state index in [4.69, 9.17) is 5.11 Å². The monoisotopic (exact) mass is 331 g/mol. The number of hydrogen-bond donors (Lipinski definition) is 2. The summed E-state index contributed by atoms with van der Waals surface area (Å²) in [5, 5.41) is 8.66. The molecule has 2 aromatic carbocycles. The summed E-state index contributed by atoms with van der Waals surface area (Å²) < 4.78 is 65.7. The lowest BCUT2D eigenvalue weighted by atomic mass is 10.2. The molecule has 2 aromatic rings. The number of benzene rings is 2. The molecule has 0 aromatic heterocycles. The van der Waals surface area contributed by atoms with Gasteiger partial charge in [0.05, 0.1) is 11.3 Å². The van der Waals surface area contributed by atoms with Crippen LogP contribution in [0.1, 0.15) is 10.4 Å². The molecule has 0 saturated carbocycles. The molecular weight excluding hydrogens is 323 g/mol. The fraction of sp³-hybridized carbons (Fsp3) is 0. The van der Waals surface area contributed by atoms with Gasteiger partial charge in [0.15, 0.2) is 0 Å². The molecule has 5 nitrogen and oxygen atoms in total. The lowest BCUT2D eigenvalue weighted by Gasteiger charge is -2.09. The van der Waals surface area contributed by atoms with Gasteiger partial charge in [0.25, 0.3) is 10.0 Å². The molecule has 0 aliphatic heterocycles. The molecule has 9 heteroatoms. The standard InChI is InChI=1S/C13H8F3NO4S/c14-7-1-4-10(15)12(5-7)22(20,21)17-8-2-3-9(13(18)19)11(16)6-8/h1-6,17H,(H,18,19). The Morgan fingerprint density at radius 1 is 1.00 bits per heavy atom. The third kappa shape index (κ3) is 3.19. The first kappa shape index (κ1) is 15.8. The first-order valence-electron chi connectivity index (χ1n) is 5.71. The van der Waals surface area contributed by atoms with E-state index >= 15 is 0 Å². The molecule has 0 unspecified atom stereocenters. The van der Waals surface area contributed by atoms with Crippen LogP contribution in [0.15, 0.2) is 41.3 Å². The second-order valence-electron chi connectivity index (χ2n) is 4.18. The Labute approximate surface area is 123 Å². The number of halogens is 3. The van der Waals surface area contributed by atoms with Gasteiger partial charge in [-0.2, -0.15) is 0 Å². The van der Waals surface area contributed by atoms with Gasteiger partial charge in [0, 0.05) is 0 Å². The number of aromatic carboxylic acids is 1. The number of carboxylic acids is 1. The minimum Gasteiger partial charge on any atom is -0.478 e. The predicted octanol–water partition coefficient (Wildman–Crippen LogP) is 2.60. The van der Waals surface area contributed by atoms with Crippen LogP contribution in [-0.2, 0) is 10.0 Å². The highest BCUT2D eigenvalue weighted by atomic mass is 32.2. The third-order valence-corrected chi connectivity index (χ3v) is 4.03. The van der Waals surface area contributed by atoms with Crippen LogP contribution in [0, 0.1) is 17.5 Å². The van der Waals surface area contributed by atoms with Crippen LogP contribution in [0.4, 0.5) is 18.9 Å². The molecule has 0 aliphatic carbocycles. The van der Waals surface area contributed by atoms with Gasteiger partial charge in [-0.3, -0.25) is 4.72 Å². The van der Waals surface area contributed by atoms with Crippen molar-refractivity contribution in [2.45, 2.75) is 4.90 Å². The minimum absolute atomic E-state index is 0.328. The van der Waals surface area contributed by atoms with Crippen molar-refractivity contribution >= 4 is 21.7 Å². The van der Waals surface area contributed by atoms with Crippen molar-refractivity contribution in [3.8, 4) is 0 Å². The van der Waals surface area contributed by atoms with E-state index in [0.29, 0.717) is 18.2 Å². The number of carbonyl (C=O) groups is 1. The maximum absolute atomic E-state index is 13.5. The van der Waals surface area contributed by atoms with Crippen LogP contribution < -0.4 is 4.72 Å². The van der Waals surface area contributed by atoms with Gasteiger partial charge in [-0.25, -0.2) is 26.4 Å². The van der Waals surface area contributed by atoms with E-state index in [2.05, 4.69) is 0 Å². The molecule has 0 saturated heterocycles. The molecular formula is C13H8F3NO4S. The number of sulfonamides is 1. The summed E-state index contributed by atoms with van der Waals surface area (Å²) in [6, 6.07) is 4.31. The summed E-state index contributed by atoms with van der Waals surface area (Å²) in [5.74, 6) is -4.85. The van der Waals surface area contributed by atoms with Gasteiger partial charge in [-0.05, 0) is 36.4 Å². The fourth-order valence-corrected chi connectivity index (χ4v) is 2.79. The molecule has 0 spiro atoms. The van der Waals surface area contributed by atoms with Gasteiger partial charge in [-0.15, -0.1) is 0 Å². The Hall–Kier alpha value is -2.55. The van der Waals surface area contributed by atoms with E-state index < -0.39 is 43.9 Å². The highest BCUT2D eigenvalue weighted by Crippen LogP contribution is 2.21. The van der Waals surface area contributed by atoms with E-state index in [0.717, 1.165) is 18.2 Å². The van der Waals surface area contributed by atoms with E-state index in [-0.39, 0.29) is 5.69 Å². The first-order valence-corrected chi connectivity index (χ1v) is 7.20. The highest BCUT2D eigenvalue weighted by molar-refractivity contribution is 7.92. The van der Waals surface area contributed by atoms with Crippen LogP contribution in [0.3, 0.4) is 0 Å². The van der Waals surface area contributed by atoms with E-state index in [1.165, 1.54) is 0 Å². The van der Waals surface area contributed by atoms with Crippen LogP contribution in [-0.4, -0.2) is 19.5 Å². The average molecular weight is 331 g/mol. The zero-order valence-corrected chi connectivity index (χ0v) is 11.5. The van der Waals surface area contributed by atoms with Crippen molar-refractivity contribution in [3.05, 3.63) is 59.4 Å². The Morgan fingerprint density at radius 2 is 1.68 bits per heavy atom. The van der Waals surface area contributed by atoms with E-state index in [9.17, 15) is 26.4 Å². The number of nitrogens with one attached hydrogen (secondary N) is 1. The Bertz CT molecular complexity index is 852. The summed E-state index contributed by atoms with van der Waals surface area (Å²) in [7, 11) is -4.50. The lowest BCUT2D eigenvalue weighted by molar-refractivity contribution is 0.0692. The number of rotatable bonds is 4. The largest absolute Gasteiger partial charge is 0.478 e. The molecule has 22 heavy (non-hydrogen) atoms. The number of anilines is 1. The normalized spacial score (nSPS) is 11.2. The van der Waals surface area contributed by atoms with Crippen LogP contribution >= 0.6 is 0 Å². The summed E-state index contributed by atoms with van der Waals surface area (Å²) in [6.07, 6.45) is 0. The van der Waals surface area contributed by atoms with Crippen molar-refractivity contribution in [1.82, 2.24) is 0 Å². The maximum Gasteiger partial charge on any atom is 0.338 e. The Morgan fingerprint density at radius 3 is 2.27 bits per heavy atom. The first-order chi connectivity index (χ1) is 10.2. The zero-order chi connectivity index (χ0) is 16.5. The predicted molar refractivity (Wildman–Crippen MR) is 70.5 cm³/mol. The molecule has 0 fully saturated rings. The maximum atomic E-state index is 13.5. The Kier molecular flexibility index (Phi) is 4.09. The van der Waals surface area contributed by atoms with Crippen LogP contribution in [0.2, 0.25) is 0 Å². The summed E-state index contributed by atoms with van der Waals surface area (Å²) in [6.45, 7) is 0. The molecule has 0 bridgehead atoms. The minimum atomic E-state index is -4.50. The number of carboxylic acid groups (broad SMARTS) is 1. The smallest absolute Gasteiger partial charge is 0.338 e. The SMILES string of the molecule is O=C(O)c1ccc(NS(=O)(=O)c2cc(F)ccc2F)cc1F. The topological polar surface area (TPSA) is 83.5 Å². The van der Waals surface area contributed by atoms with E-state index in [1.54, 1.807) is 0 Å². The molecule has 0 aliphatic rings. The zero-order valence-electron chi connectivity index (χ0n) is 10.7. The molecule has 2 N–H and O–H groups in total. The molecule has 2 rings (SSSR count). The molecule has 0 radical (unpaired) electrons. The highest BCUT2D eigenvalue weighted by Gasteiger charge is 2.21.